The van der Waals surface area contributed by atoms with Crippen LogP contribution in [0.5, 0.6) is 0 Å². The molecule has 0 radical (unpaired) electrons. The van der Waals surface area contributed by atoms with Crippen LogP contribution in [0.15, 0.2) is 16.9 Å². The summed E-state index contributed by atoms with van der Waals surface area (Å²) in [7, 11) is 1.74. The van der Waals surface area contributed by atoms with Crippen molar-refractivity contribution in [3.63, 3.8) is 0 Å². The maximum atomic E-state index is 12.3. The lowest BCUT2D eigenvalue weighted by Crippen LogP contribution is -2.41. The maximum Gasteiger partial charge on any atom is 0.255 e. The van der Waals surface area contributed by atoms with Crippen molar-refractivity contribution in [2.24, 2.45) is 13.0 Å². The Balaban J connectivity index is 2.01. The minimum absolute atomic E-state index is 0.000370. The Bertz CT molecular complexity index is 565. The van der Waals surface area contributed by atoms with Crippen LogP contribution in [0.1, 0.15) is 37.4 Å². The number of carbonyl (C=O) groups excluding carboxylic acids is 1. The minimum atomic E-state index is -0.0990. The molecule has 2 atom stereocenters. The Morgan fingerprint density at radius 1 is 1.48 bits per heavy atom. The van der Waals surface area contributed by atoms with Gasteiger partial charge in [-0.3, -0.25) is 9.59 Å². The van der Waals surface area contributed by atoms with Crippen LogP contribution in [0.4, 0.5) is 0 Å². The fourth-order valence-corrected chi connectivity index (χ4v) is 2.77. The van der Waals surface area contributed by atoms with Crippen LogP contribution in [0.3, 0.4) is 0 Å². The average molecular weight is 292 g/mol. The topological polar surface area (TPSA) is 60.3 Å². The summed E-state index contributed by atoms with van der Waals surface area (Å²) in [6, 6.07) is 3.67. The lowest BCUT2D eigenvalue weighted by atomic mass is 9.92. The zero-order valence-corrected chi connectivity index (χ0v) is 13.0. The zero-order valence-electron chi connectivity index (χ0n) is 13.0. The van der Waals surface area contributed by atoms with E-state index in [4.69, 9.17) is 4.74 Å². The van der Waals surface area contributed by atoms with E-state index in [2.05, 4.69) is 5.32 Å². The van der Waals surface area contributed by atoms with E-state index in [1.807, 2.05) is 19.9 Å². The van der Waals surface area contributed by atoms with E-state index >= 15 is 0 Å². The number of amides is 1. The van der Waals surface area contributed by atoms with E-state index in [0.717, 1.165) is 31.6 Å². The van der Waals surface area contributed by atoms with Gasteiger partial charge in [-0.25, -0.2) is 0 Å². The molecule has 1 aliphatic rings. The first kappa shape index (κ1) is 15.8. The van der Waals surface area contributed by atoms with E-state index in [9.17, 15) is 9.59 Å². The zero-order chi connectivity index (χ0) is 15.4. The van der Waals surface area contributed by atoms with Crippen molar-refractivity contribution in [3.05, 3.63) is 33.7 Å². The molecular formula is C16H24N2O3. The SMILES string of the molecule is CC[C@@H]1OCCC[C@@H]1C(=O)NCc1ccc(C)n(C)c1=O. The molecule has 116 valence electrons. The standard InChI is InChI=1S/C16H24N2O3/c1-4-14-13(6-5-9-21-14)15(19)17-10-12-8-7-11(2)18(3)16(12)20/h7-8,13-14H,4-6,9-10H2,1-3H3,(H,17,19)/t13-,14-/m0/s1. The van der Waals surface area contributed by atoms with Gasteiger partial charge in [0.25, 0.3) is 5.56 Å². The minimum Gasteiger partial charge on any atom is -0.377 e. The number of aryl methyl sites for hydroxylation is 1. The number of ether oxygens (including phenoxy) is 1. The molecule has 1 amide bonds. The lowest BCUT2D eigenvalue weighted by Gasteiger charge is -2.30. The molecule has 2 heterocycles. The molecular weight excluding hydrogens is 268 g/mol. The van der Waals surface area contributed by atoms with Gasteiger partial charge < -0.3 is 14.6 Å². The van der Waals surface area contributed by atoms with Gasteiger partial charge in [-0.2, -0.15) is 0 Å². The molecule has 2 rings (SSSR count). The molecule has 1 fully saturated rings. The summed E-state index contributed by atoms with van der Waals surface area (Å²) in [5, 5.41) is 2.89. The second-order valence-electron chi connectivity index (χ2n) is 5.65. The first-order valence-electron chi connectivity index (χ1n) is 7.59. The highest BCUT2D eigenvalue weighted by atomic mass is 16.5. The molecule has 1 N–H and O–H groups in total. The van der Waals surface area contributed by atoms with Gasteiger partial charge >= 0.3 is 0 Å². The van der Waals surface area contributed by atoms with Gasteiger partial charge in [0.05, 0.1) is 12.0 Å². The van der Waals surface area contributed by atoms with Gasteiger partial charge in [-0.15, -0.1) is 0 Å². The fourth-order valence-electron chi connectivity index (χ4n) is 2.77. The number of pyridine rings is 1. The molecule has 0 spiro atoms. The van der Waals surface area contributed by atoms with Gasteiger partial charge in [-0.05, 0) is 32.3 Å². The van der Waals surface area contributed by atoms with Crippen LogP contribution in [-0.2, 0) is 23.1 Å². The van der Waals surface area contributed by atoms with Crippen molar-refractivity contribution in [2.75, 3.05) is 6.61 Å². The molecule has 21 heavy (non-hydrogen) atoms. The molecule has 1 aromatic heterocycles. The fraction of sp³-hybridized carbons (Fsp3) is 0.625. The highest BCUT2D eigenvalue weighted by Gasteiger charge is 2.30. The molecule has 0 aromatic carbocycles. The third-order valence-corrected chi connectivity index (χ3v) is 4.27. The summed E-state index contributed by atoms with van der Waals surface area (Å²) < 4.78 is 7.24. The van der Waals surface area contributed by atoms with E-state index < -0.39 is 0 Å². The summed E-state index contributed by atoms with van der Waals surface area (Å²) >= 11 is 0. The number of nitrogens with one attached hydrogen (secondary N) is 1. The highest BCUT2D eigenvalue weighted by molar-refractivity contribution is 5.79. The van der Waals surface area contributed by atoms with E-state index in [-0.39, 0.29) is 30.0 Å². The maximum absolute atomic E-state index is 12.3. The van der Waals surface area contributed by atoms with Crippen molar-refractivity contribution in [1.29, 1.82) is 0 Å². The summed E-state index contributed by atoms with van der Waals surface area (Å²) in [6.07, 6.45) is 2.61. The van der Waals surface area contributed by atoms with Gasteiger partial charge in [-0.1, -0.05) is 13.0 Å². The number of carbonyl (C=O) groups is 1. The van der Waals surface area contributed by atoms with Crippen molar-refractivity contribution < 1.29 is 9.53 Å². The summed E-state index contributed by atoms with van der Waals surface area (Å²) in [6.45, 7) is 4.93. The predicted octanol–water partition coefficient (Wildman–Crippen LogP) is 1.52. The van der Waals surface area contributed by atoms with Crippen molar-refractivity contribution in [2.45, 2.75) is 45.8 Å². The molecule has 1 aromatic rings. The van der Waals surface area contributed by atoms with Gasteiger partial charge in [0.1, 0.15) is 0 Å². The number of hydrogen-bond donors (Lipinski definition) is 1. The van der Waals surface area contributed by atoms with Crippen LogP contribution in [0.25, 0.3) is 0 Å². The molecule has 0 bridgehead atoms. The predicted molar refractivity (Wildman–Crippen MR) is 81.0 cm³/mol. The van der Waals surface area contributed by atoms with Crippen LogP contribution >= 0.6 is 0 Å². The lowest BCUT2D eigenvalue weighted by molar-refractivity contribution is -0.134. The molecule has 0 saturated carbocycles. The van der Waals surface area contributed by atoms with E-state index in [0.29, 0.717) is 5.56 Å². The summed E-state index contributed by atoms with van der Waals surface area (Å²) in [4.78, 5) is 24.4. The monoisotopic (exact) mass is 292 g/mol. The molecule has 1 saturated heterocycles. The quantitative estimate of drug-likeness (QED) is 0.915. The number of rotatable bonds is 4. The first-order chi connectivity index (χ1) is 10.0. The molecule has 5 heteroatoms. The molecule has 1 aliphatic heterocycles. The van der Waals surface area contributed by atoms with Crippen molar-refractivity contribution >= 4 is 5.91 Å². The Labute approximate surface area is 125 Å². The Morgan fingerprint density at radius 2 is 2.24 bits per heavy atom. The second kappa shape index (κ2) is 6.89. The number of aromatic nitrogens is 1. The molecule has 5 nitrogen and oxygen atoms in total. The number of hydrogen-bond acceptors (Lipinski definition) is 3. The molecule has 0 aliphatic carbocycles. The van der Waals surface area contributed by atoms with Crippen LogP contribution in [0, 0.1) is 12.8 Å². The van der Waals surface area contributed by atoms with Crippen molar-refractivity contribution in [1.82, 2.24) is 9.88 Å². The van der Waals surface area contributed by atoms with Gasteiger partial charge in [0.2, 0.25) is 5.91 Å². The highest BCUT2D eigenvalue weighted by Crippen LogP contribution is 2.23. The summed E-state index contributed by atoms with van der Waals surface area (Å²) in [5.41, 5.74) is 1.46. The smallest absolute Gasteiger partial charge is 0.255 e. The normalized spacial score (nSPS) is 22.0. The molecule has 0 unspecified atom stereocenters. The van der Waals surface area contributed by atoms with Crippen LogP contribution in [0.2, 0.25) is 0 Å². The number of nitrogens with zero attached hydrogens (tertiary/aromatic N) is 1. The third-order valence-electron chi connectivity index (χ3n) is 4.27. The third kappa shape index (κ3) is 3.53. The summed E-state index contributed by atoms with van der Waals surface area (Å²) in [5.74, 6) is -0.109. The average Bonchev–Trinajstić information content (AvgIpc) is 2.51. The largest absolute Gasteiger partial charge is 0.377 e. The van der Waals surface area contributed by atoms with Crippen LogP contribution in [-0.4, -0.2) is 23.2 Å². The Hall–Kier alpha value is -1.62. The van der Waals surface area contributed by atoms with E-state index in [1.54, 1.807) is 17.7 Å². The van der Waals surface area contributed by atoms with Gasteiger partial charge in [0.15, 0.2) is 0 Å². The van der Waals surface area contributed by atoms with E-state index in [1.165, 1.54) is 0 Å². The van der Waals surface area contributed by atoms with Crippen LogP contribution < -0.4 is 10.9 Å². The Kier molecular flexibility index (Phi) is 5.17. The van der Waals surface area contributed by atoms with Crippen molar-refractivity contribution in [3.8, 4) is 0 Å². The Morgan fingerprint density at radius 3 is 2.95 bits per heavy atom. The first-order valence-corrected chi connectivity index (χ1v) is 7.59. The van der Waals surface area contributed by atoms with Gasteiger partial charge in [0, 0.05) is 31.5 Å². The second-order valence-corrected chi connectivity index (χ2v) is 5.65.